The molecule has 1 N–H and O–H groups in total. The van der Waals surface area contributed by atoms with Crippen LogP contribution < -0.4 is 10.1 Å². The largest absolute Gasteiger partial charge is 0.495 e. The number of carbonyl (C=O) groups excluding carboxylic acids is 1. The van der Waals surface area contributed by atoms with Gasteiger partial charge in [0.15, 0.2) is 5.16 Å². The van der Waals surface area contributed by atoms with E-state index in [1.54, 1.807) is 25.3 Å². The Bertz CT molecular complexity index is 833. The summed E-state index contributed by atoms with van der Waals surface area (Å²) in [6.07, 6.45) is 4.75. The number of amides is 1. The molecule has 0 aliphatic heterocycles. The summed E-state index contributed by atoms with van der Waals surface area (Å²) in [5, 5.41) is 12.7. The second kappa shape index (κ2) is 7.12. The molecule has 4 rings (SSSR count). The van der Waals surface area contributed by atoms with E-state index in [1.165, 1.54) is 37.4 Å². The zero-order valence-corrected chi connectivity index (χ0v) is 16.3. The molecule has 26 heavy (non-hydrogen) atoms. The summed E-state index contributed by atoms with van der Waals surface area (Å²) < 4.78 is 7.39. The molecule has 2 aliphatic rings. The molecule has 0 unspecified atom stereocenters. The third-order valence-electron chi connectivity index (χ3n) is 4.62. The predicted molar refractivity (Wildman–Crippen MR) is 102 cm³/mol. The molecule has 2 aliphatic carbocycles. The Morgan fingerprint density at radius 3 is 2.73 bits per heavy atom. The van der Waals surface area contributed by atoms with Gasteiger partial charge >= 0.3 is 0 Å². The van der Waals surface area contributed by atoms with Crippen molar-refractivity contribution < 1.29 is 9.53 Å². The van der Waals surface area contributed by atoms with Crippen LogP contribution in [-0.4, -0.2) is 33.0 Å². The predicted octanol–water partition coefficient (Wildman–Crippen LogP) is 4.27. The first-order chi connectivity index (χ1) is 12.6. The Kier molecular flexibility index (Phi) is 4.84. The van der Waals surface area contributed by atoms with Crippen LogP contribution in [0.25, 0.3) is 0 Å². The molecule has 2 saturated carbocycles. The van der Waals surface area contributed by atoms with Crippen molar-refractivity contribution in [3.05, 3.63) is 29.0 Å². The van der Waals surface area contributed by atoms with Crippen LogP contribution in [0.5, 0.6) is 5.75 Å². The third-order valence-corrected chi connectivity index (χ3v) is 5.97. The summed E-state index contributed by atoms with van der Waals surface area (Å²) in [6.45, 7) is 1.88. The second-order valence-corrected chi connectivity index (χ2v) is 8.53. The van der Waals surface area contributed by atoms with Gasteiger partial charge in [-0.1, -0.05) is 23.4 Å². The maximum atomic E-state index is 12.6. The van der Waals surface area contributed by atoms with Crippen molar-refractivity contribution in [1.82, 2.24) is 14.8 Å². The van der Waals surface area contributed by atoms with Gasteiger partial charge in [0, 0.05) is 17.6 Å². The fourth-order valence-electron chi connectivity index (χ4n) is 2.86. The van der Waals surface area contributed by atoms with Gasteiger partial charge in [-0.2, -0.15) is 0 Å². The van der Waals surface area contributed by atoms with Crippen molar-refractivity contribution in [2.24, 2.45) is 0 Å². The Labute approximate surface area is 161 Å². The van der Waals surface area contributed by atoms with Gasteiger partial charge in [0.25, 0.3) is 0 Å². The van der Waals surface area contributed by atoms with Gasteiger partial charge in [-0.05, 0) is 50.8 Å². The second-order valence-electron chi connectivity index (χ2n) is 6.81. The highest BCUT2D eigenvalue weighted by Crippen LogP contribution is 2.46. The topological polar surface area (TPSA) is 69.0 Å². The van der Waals surface area contributed by atoms with E-state index in [0.29, 0.717) is 28.4 Å². The van der Waals surface area contributed by atoms with Gasteiger partial charge < -0.3 is 14.6 Å². The number of aromatic nitrogens is 3. The smallest absolute Gasteiger partial charge is 0.237 e. The van der Waals surface area contributed by atoms with Gasteiger partial charge in [0.1, 0.15) is 11.6 Å². The number of ether oxygens (including phenoxy) is 1. The fraction of sp³-hybridized carbons (Fsp3) is 0.500. The standard InChI is InChI=1S/C18H21ClN4O2S/c1-10(17(24)20-12-5-8-15(25-2)14(19)9-12)26-18-22-21-16(11-3-4-11)23(18)13-6-7-13/h5,8-11,13H,3-4,6-7H2,1-2H3,(H,20,24)/t10-/m0/s1. The molecular weight excluding hydrogens is 372 g/mol. The van der Waals surface area contributed by atoms with Crippen molar-refractivity contribution in [3.63, 3.8) is 0 Å². The van der Waals surface area contributed by atoms with E-state index in [0.717, 1.165) is 11.0 Å². The van der Waals surface area contributed by atoms with Crippen molar-refractivity contribution in [3.8, 4) is 5.75 Å². The number of anilines is 1. The van der Waals surface area contributed by atoms with Gasteiger partial charge in [-0.3, -0.25) is 4.79 Å². The number of benzene rings is 1. The van der Waals surface area contributed by atoms with Gasteiger partial charge in [0.05, 0.1) is 17.4 Å². The molecule has 2 fully saturated rings. The first-order valence-electron chi connectivity index (χ1n) is 8.82. The van der Waals surface area contributed by atoms with Crippen molar-refractivity contribution >= 4 is 35.0 Å². The van der Waals surface area contributed by atoms with Crippen molar-refractivity contribution in [2.75, 3.05) is 12.4 Å². The van der Waals surface area contributed by atoms with Crippen molar-refractivity contribution in [2.45, 2.75) is 55.0 Å². The lowest BCUT2D eigenvalue weighted by molar-refractivity contribution is -0.115. The number of halogens is 1. The monoisotopic (exact) mass is 392 g/mol. The highest BCUT2D eigenvalue weighted by atomic mass is 35.5. The Balaban J connectivity index is 1.44. The van der Waals surface area contributed by atoms with E-state index in [-0.39, 0.29) is 11.2 Å². The van der Waals surface area contributed by atoms with Gasteiger partial charge in [-0.15, -0.1) is 10.2 Å². The highest BCUT2D eigenvalue weighted by molar-refractivity contribution is 8.00. The SMILES string of the molecule is COc1ccc(NC(=O)[C@H](C)Sc2nnc(C3CC3)n2C2CC2)cc1Cl. The number of thioether (sulfide) groups is 1. The quantitative estimate of drug-likeness (QED) is 0.712. The first kappa shape index (κ1) is 17.7. The van der Waals surface area contributed by atoms with E-state index < -0.39 is 0 Å². The minimum atomic E-state index is -0.287. The zero-order valence-electron chi connectivity index (χ0n) is 14.7. The number of nitrogens with one attached hydrogen (secondary N) is 1. The molecule has 1 aromatic heterocycles. The minimum Gasteiger partial charge on any atom is -0.495 e. The maximum Gasteiger partial charge on any atom is 0.237 e. The molecule has 0 bridgehead atoms. The van der Waals surface area contributed by atoms with Crippen LogP contribution in [0.1, 0.15) is 50.4 Å². The van der Waals surface area contributed by atoms with Crippen LogP contribution >= 0.6 is 23.4 Å². The molecule has 0 radical (unpaired) electrons. The number of methoxy groups -OCH3 is 1. The highest BCUT2D eigenvalue weighted by Gasteiger charge is 2.37. The van der Waals surface area contributed by atoms with Crippen LogP contribution in [-0.2, 0) is 4.79 Å². The lowest BCUT2D eigenvalue weighted by Crippen LogP contribution is -2.23. The zero-order chi connectivity index (χ0) is 18.3. The molecule has 8 heteroatoms. The number of hydrogen-bond acceptors (Lipinski definition) is 5. The van der Waals surface area contributed by atoms with Crippen LogP contribution in [0, 0.1) is 0 Å². The van der Waals surface area contributed by atoms with Gasteiger partial charge in [-0.25, -0.2) is 0 Å². The molecule has 2 aromatic rings. The Morgan fingerprint density at radius 1 is 1.35 bits per heavy atom. The van der Waals surface area contributed by atoms with Crippen molar-refractivity contribution in [1.29, 1.82) is 0 Å². The Morgan fingerprint density at radius 2 is 2.12 bits per heavy atom. The lowest BCUT2D eigenvalue weighted by atomic mass is 10.3. The molecule has 6 nitrogen and oxygen atoms in total. The number of hydrogen-bond donors (Lipinski definition) is 1. The number of nitrogens with zero attached hydrogens (tertiary/aromatic N) is 3. The summed E-state index contributed by atoms with van der Waals surface area (Å²) in [6, 6.07) is 5.71. The molecule has 1 heterocycles. The summed E-state index contributed by atoms with van der Waals surface area (Å²) in [4.78, 5) is 12.6. The maximum absolute atomic E-state index is 12.6. The minimum absolute atomic E-state index is 0.0884. The summed E-state index contributed by atoms with van der Waals surface area (Å²) >= 11 is 7.58. The van der Waals surface area contributed by atoms with E-state index in [1.807, 2.05) is 6.92 Å². The normalized spacial score (nSPS) is 17.8. The fourth-order valence-corrected chi connectivity index (χ4v) is 4.05. The van der Waals surface area contributed by atoms with Crippen LogP contribution in [0.3, 0.4) is 0 Å². The van der Waals surface area contributed by atoms with Crippen LogP contribution in [0.4, 0.5) is 5.69 Å². The lowest BCUT2D eigenvalue weighted by Gasteiger charge is -2.14. The molecular formula is C18H21ClN4O2S. The molecule has 1 atom stereocenters. The average Bonchev–Trinajstić information content (AvgIpc) is 3.54. The van der Waals surface area contributed by atoms with Crippen LogP contribution in [0.2, 0.25) is 5.02 Å². The average molecular weight is 393 g/mol. The summed E-state index contributed by atoms with van der Waals surface area (Å²) in [5.74, 6) is 2.15. The van der Waals surface area contributed by atoms with E-state index in [2.05, 4.69) is 20.1 Å². The third kappa shape index (κ3) is 3.69. The molecule has 1 amide bonds. The van der Waals surface area contributed by atoms with Gasteiger partial charge in [0.2, 0.25) is 5.91 Å². The van der Waals surface area contributed by atoms with Crippen LogP contribution in [0.15, 0.2) is 23.4 Å². The van der Waals surface area contributed by atoms with E-state index in [4.69, 9.17) is 16.3 Å². The van der Waals surface area contributed by atoms with E-state index in [9.17, 15) is 4.79 Å². The molecule has 0 saturated heterocycles. The van der Waals surface area contributed by atoms with E-state index >= 15 is 0 Å². The number of carbonyl (C=O) groups is 1. The molecule has 1 aromatic carbocycles. The molecule has 138 valence electrons. The summed E-state index contributed by atoms with van der Waals surface area (Å²) in [5.41, 5.74) is 0.649. The number of rotatable bonds is 7. The Hall–Kier alpha value is -1.73. The first-order valence-corrected chi connectivity index (χ1v) is 10.1. The summed E-state index contributed by atoms with van der Waals surface area (Å²) in [7, 11) is 1.56. The molecule has 0 spiro atoms.